The van der Waals surface area contributed by atoms with Crippen molar-refractivity contribution in [1.29, 1.82) is 0 Å². The van der Waals surface area contributed by atoms with Gasteiger partial charge in [-0.1, -0.05) is 0 Å². The molecule has 0 radical (unpaired) electrons. The largest absolute Gasteiger partial charge is 0.479 e. The summed E-state index contributed by atoms with van der Waals surface area (Å²) in [4.78, 5) is 25.8. The first kappa shape index (κ1) is 13.2. The van der Waals surface area contributed by atoms with Crippen LogP contribution in [0.25, 0.3) is 0 Å². The fraction of sp³-hybridized carbons (Fsp3) is 0.846. The van der Waals surface area contributed by atoms with Crippen molar-refractivity contribution in [2.75, 3.05) is 26.0 Å². The van der Waals surface area contributed by atoms with Crippen molar-refractivity contribution < 1.29 is 19.4 Å². The first-order chi connectivity index (χ1) is 9.01. The molecule has 1 amide bonds. The molecule has 1 atom stereocenters. The molecule has 0 aromatic heterocycles. The number of fused-ring (bicyclic) bond motifs is 1. The molecule has 106 valence electrons. The van der Waals surface area contributed by atoms with Gasteiger partial charge in [-0.15, -0.1) is 0 Å². The predicted octanol–water partition coefficient (Wildman–Crippen LogP) is 0.974. The molecular weight excluding hydrogens is 266 g/mol. The average molecular weight is 285 g/mol. The first-order valence-electron chi connectivity index (χ1n) is 6.71. The van der Waals surface area contributed by atoms with Crippen molar-refractivity contribution in [3.8, 4) is 0 Å². The lowest BCUT2D eigenvalue weighted by Crippen LogP contribution is -2.59. The summed E-state index contributed by atoms with van der Waals surface area (Å²) in [5.41, 5.74) is -1.40. The first-order valence-corrected chi connectivity index (χ1v) is 7.76. The smallest absolute Gasteiger partial charge is 0.337 e. The van der Waals surface area contributed by atoms with Crippen molar-refractivity contribution in [2.24, 2.45) is 5.41 Å². The quantitative estimate of drug-likeness (QED) is 0.837. The molecule has 0 spiro atoms. The average Bonchev–Trinajstić information content (AvgIpc) is 2.98. The van der Waals surface area contributed by atoms with Crippen LogP contribution in [0.4, 0.5) is 0 Å². The highest BCUT2D eigenvalue weighted by atomic mass is 32.2. The van der Waals surface area contributed by atoms with Gasteiger partial charge in [-0.25, -0.2) is 4.79 Å². The Balaban J connectivity index is 1.75. The molecule has 4 aliphatic rings. The zero-order valence-electron chi connectivity index (χ0n) is 11.1. The van der Waals surface area contributed by atoms with Gasteiger partial charge in [-0.05, 0) is 25.7 Å². The topological polar surface area (TPSA) is 66.8 Å². The molecule has 1 aliphatic carbocycles. The SMILES string of the molecule is COC1(C(=O)O)CCCN(C(=O)C23CSC(C2)C3)C1. The van der Waals surface area contributed by atoms with E-state index in [2.05, 4.69) is 0 Å². The van der Waals surface area contributed by atoms with E-state index in [0.29, 0.717) is 24.6 Å². The van der Waals surface area contributed by atoms with E-state index in [1.54, 1.807) is 4.90 Å². The van der Waals surface area contributed by atoms with Gasteiger partial charge in [0.15, 0.2) is 5.60 Å². The van der Waals surface area contributed by atoms with Crippen LogP contribution < -0.4 is 0 Å². The third-order valence-corrected chi connectivity index (χ3v) is 6.33. The number of aliphatic carboxylic acids is 1. The predicted molar refractivity (Wildman–Crippen MR) is 71.1 cm³/mol. The van der Waals surface area contributed by atoms with Crippen LogP contribution in [0.1, 0.15) is 25.7 Å². The van der Waals surface area contributed by atoms with E-state index >= 15 is 0 Å². The maximum atomic E-state index is 12.7. The Morgan fingerprint density at radius 2 is 2.16 bits per heavy atom. The zero-order chi connectivity index (χ0) is 13.7. The number of piperidine rings is 1. The van der Waals surface area contributed by atoms with Gasteiger partial charge in [0, 0.05) is 24.7 Å². The Morgan fingerprint density at radius 3 is 2.68 bits per heavy atom. The molecule has 1 saturated carbocycles. The fourth-order valence-electron chi connectivity index (χ4n) is 3.52. The number of rotatable bonds is 3. The second-order valence-corrected chi connectivity index (χ2v) is 7.24. The van der Waals surface area contributed by atoms with E-state index in [1.807, 2.05) is 11.8 Å². The Hall–Kier alpha value is -0.750. The second kappa shape index (κ2) is 4.38. The van der Waals surface area contributed by atoms with Crippen molar-refractivity contribution in [1.82, 2.24) is 4.90 Å². The van der Waals surface area contributed by atoms with Crippen molar-refractivity contribution in [2.45, 2.75) is 36.5 Å². The third kappa shape index (κ3) is 1.88. The molecule has 5 nitrogen and oxygen atoms in total. The molecule has 6 heteroatoms. The molecule has 0 aromatic rings. The van der Waals surface area contributed by atoms with Crippen LogP contribution in [0, 0.1) is 5.41 Å². The molecule has 3 aliphatic heterocycles. The minimum Gasteiger partial charge on any atom is -0.479 e. The summed E-state index contributed by atoms with van der Waals surface area (Å²) in [6, 6.07) is 0. The van der Waals surface area contributed by atoms with Crippen molar-refractivity contribution in [3.63, 3.8) is 0 Å². The van der Waals surface area contributed by atoms with Gasteiger partial charge < -0.3 is 14.7 Å². The molecule has 4 fully saturated rings. The molecule has 3 heterocycles. The standard InChI is InChI=1S/C13H19NO4S/c1-18-13(11(16)17)3-2-4-14(7-13)10(15)12-5-9(6-12)19-8-12/h9H,2-8H2,1H3,(H,16,17). The number of carboxylic acid groups (broad SMARTS) is 1. The molecule has 19 heavy (non-hydrogen) atoms. The summed E-state index contributed by atoms with van der Waals surface area (Å²) >= 11 is 1.88. The number of likely N-dealkylation sites (tertiary alicyclic amines) is 1. The summed E-state index contributed by atoms with van der Waals surface area (Å²) in [6.45, 7) is 0.850. The summed E-state index contributed by atoms with van der Waals surface area (Å²) in [7, 11) is 1.42. The maximum absolute atomic E-state index is 12.7. The molecule has 2 bridgehead atoms. The van der Waals surface area contributed by atoms with Gasteiger partial charge in [0.05, 0.1) is 12.0 Å². The van der Waals surface area contributed by atoms with Gasteiger partial charge in [0.1, 0.15) is 0 Å². The van der Waals surface area contributed by atoms with Crippen molar-refractivity contribution in [3.05, 3.63) is 0 Å². The van der Waals surface area contributed by atoms with Gasteiger partial charge in [0.25, 0.3) is 0 Å². The third-order valence-electron chi connectivity index (χ3n) is 4.81. The molecule has 1 unspecified atom stereocenters. The number of amides is 1. The fourth-order valence-corrected chi connectivity index (χ4v) is 5.31. The van der Waals surface area contributed by atoms with Crippen molar-refractivity contribution >= 4 is 23.6 Å². The van der Waals surface area contributed by atoms with Crippen LogP contribution in [0.3, 0.4) is 0 Å². The van der Waals surface area contributed by atoms with Gasteiger partial charge in [-0.3, -0.25) is 4.79 Å². The lowest BCUT2D eigenvalue weighted by atomic mass is 9.69. The molecule has 1 N–H and O–H groups in total. The Kier molecular flexibility index (Phi) is 3.05. The number of methoxy groups -OCH3 is 1. The van der Waals surface area contributed by atoms with E-state index in [9.17, 15) is 14.7 Å². The lowest BCUT2D eigenvalue weighted by Gasteiger charge is -2.44. The Bertz CT molecular complexity index is 415. The molecule has 4 rings (SSSR count). The van der Waals surface area contributed by atoms with E-state index in [1.165, 1.54) is 7.11 Å². The highest BCUT2D eigenvalue weighted by Crippen LogP contribution is 2.58. The number of carboxylic acids is 1. The van der Waals surface area contributed by atoms with E-state index < -0.39 is 11.6 Å². The van der Waals surface area contributed by atoms with Crippen LogP contribution in [0.2, 0.25) is 0 Å². The second-order valence-electron chi connectivity index (χ2n) is 5.96. The molecule has 0 aromatic carbocycles. The highest BCUT2D eigenvalue weighted by Gasteiger charge is 2.58. The summed E-state index contributed by atoms with van der Waals surface area (Å²) in [5.74, 6) is 0.0912. The van der Waals surface area contributed by atoms with Gasteiger partial charge >= 0.3 is 5.97 Å². The normalized spacial score (nSPS) is 40.9. The lowest BCUT2D eigenvalue weighted by molar-refractivity contribution is -0.174. The number of ether oxygens (including phenoxy) is 1. The van der Waals surface area contributed by atoms with Gasteiger partial charge in [-0.2, -0.15) is 11.8 Å². The van der Waals surface area contributed by atoms with Gasteiger partial charge in [0.2, 0.25) is 5.91 Å². The monoisotopic (exact) mass is 285 g/mol. The number of nitrogens with zero attached hydrogens (tertiary/aromatic N) is 1. The number of thioether (sulfide) groups is 1. The molecular formula is C13H19NO4S. The number of hydrogen-bond donors (Lipinski definition) is 1. The van der Waals surface area contributed by atoms with Crippen LogP contribution in [0.5, 0.6) is 0 Å². The molecule has 3 saturated heterocycles. The summed E-state index contributed by atoms with van der Waals surface area (Å²) < 4.78 is 5.23. The van der Waals surface area contributed by atoms with Crippen LogP contribution in [0.15, 0.2) is 0 Å². The maximum Gasteiger partial charge on any atom is 0.337 e. The van der Waals surface area contributed by atoms with Crippen LogP contribution in [-0.4, -0.2) is 58.7 Å². The number of carbonyl (C=O) groups excluding carboxylic acids is 1. The Labute approximate surface area is 116 Å². The number of hydrogen-bond acceptors (Lipinski definition) is 4. The van der Waals surface area contributed by atoms with E-state index in [-0.39, 0.29) is 17.9 Å². The number of carbonyl (C=O) groups is 2. The van der Waals surface area contributed by atoms with E-state index in [0.717, 1.165) is 18.6 Å². The minimum absolute atomic E-state index is 0.149. The highest BCUT2D eigenvalue weighted by molar-refractivity contribution is 8.00. The summed E-state index contributed by atoms with van der Waals surface area (Å²) in [6.07, 6.45) is 3.12. The van der Waals surface area contributed by atoms with Crippen LogP contribution in [-0.2, 0) is 14.3 Å². The Morgan fingerprint density at radius 1 is 1.42 bits per heavy atom. The van der Waals surface area contributed by atoms with E-state index in [4.69, 9.17) is 4.74 Å². The minimum atomic E-state index is -1.21. The zero-order valence-corrected chi connectivity index (χ0v) is 11.9. The van der Waals surface area contributed by atoms with Crippen LogP contribution >= 0.6 is 11.8 Å². The summed E-state index contributed by atoms with van der Waals surface area (Å²) in [5, 5.41) is 10.0.